The van der Waals surface area contributed by atoms with Gasteiger partial charge in [-0.1, -0.05) is 0 Å². The first kappa shape index (κ1) is 34.1. The first-order valence-corrected chi connectivity index (χ1v) is 17.9. The average molecular weight is 593 g/mol. The Morgan fingerprint density at radius 2 is 0.905 bits per heavy atom. The topological polar surface area (TPSA) is 27.7 Å². The number of benzene rings is 3. The van der Waals surface area contributed by atoms with E-state index in [1.54, 1.807) is 0 Å². The van der Waals surface area contributed by atoms with Crippen molar-refractivity contribution < 1.29 is 13.6 Å². The van der Waals surface area contributed by atoms with Gasteiger partial charge in [0.25, 0.3) is 0 Å². The van der Waals surface area contributed by atoms with E-state index >= 15 is 0 Å². The van der Waals surface area contributed by atoms with Crippen molar-refractivity contribution in [3.63, 3.8) is 0 Å². The van der Waals surface area contributed by atoms with Crippen molar-refractivity contribution in [3.05, 3.63) is 90.0 Å². The molecule has 4 heteroatoms. The van der Waals surface area contributed by atoms with Gasteiger partial charge in [0.05, 0.1) is 0 Å². The first-order chi connectivity index (χ1) is 19.5. The van der Waals surface area contributed by atoms with Crippen molar-refractivity contribution in [2.45, 2.75) is 130 Å². The summed E-state index contributed by atoms with van der Waals surface area (Å²) in [4.78, 5) is 0. The zero-order valence-electron chi connectivity index (χ0n) is 28.5. The van der Waals surface area contributed by atoms with Gasteiger partial charge in [0, 0.05) is 0 Å². The summed E-state index contributed by atoms with van der Waals surface area (Å²) in [5.74, 6) is 1.51. The molecule has 232 valence electrons. The molecule has 0 spiro atoms. The predicted octanol–water partition coefficient (Wildman–Crippen LogP) is 11.5. The summed E-state index contributed by atoms with van der Waals surface area (Å²) in [6, 6.07) is 27.6. The Morgan fingerprint density at radius 3 is 1.24 bits per heavy atom. The molecule has 0 N–H and O–H groups in total. The third kappa shape index (κ3) is 6.44. The van der Waals surface area contributed by atoms with Gasteiger partial charge < -0.3 is 0 Å². The molecule has 3 aromatic rings. The molecule has 0 amide bonds. The zero-order chi connectivity index (χ0) is 31.5. The van der Waals surface area contributed by atoms with E-state index in [0.29, 0.717) is 0 Å². The van der Waals surface area contributed by atoms with Crippen LogP contribution in [-0.2, 0) is 15.4 Å². The number of hydrogen-bond donors (Lipinski definition) is 0. The summed E-state index contributed by atoms with van der Waals surface area (Å²) >= 11 is 0. The van der Waals surface area contributed by atoms with Gasteiger partial charge in [-0.3, -0.25) is 0 Å². The fourth-order valence-electron chi connectivity index (χ4n) is 5.13. The van der Waals surface area contributed by atoms with E-state index in [9.17, 15) is 0 Å². The molecule has 3 aromatic carbocycles. The minimum absolute atomic E-state index is 0.0807. The van der Waals surface area contributed by atoms with Gasteiger partial charge >= 0.3 is 258 Å². The monoisotopic (exact) mass is 592 g/mol. The fourth-order valence-corrected chi connectivity index (χ4v) is 10.3. The third-order valence-corrected chi connectivity index (χ3v) is 15.5. The van der Waals surface area contributed by atoms with Crippen LogP contribution in [0, 0.1) is 0 Å². The average Bonchev–Trinajstić information content (AvgIpc) is 2.98. The Balaban J connectivity index is 2.38. The van der Waals surface area contributed by atoms with Crippen LogP contribution in [0.15, 0.2) is 78.9 Å². The number of rotatable bonds is 14. The van der Waals surface area contributed by atoms with E-state index in [1.807, 2.05) is 6.07 Å². The van der Waals surface area contributed by atoms with Crippen LogP contribution in [0.4, 0.5) is 0 Å². The van der Waals surface area contributed by atoms with Gasteiger partial charge in [-0.15, -0.1) is 0 Å². The van der Waals surface area contributed by atoms with Gasteiger partial charge in [-0.2, -0.15) is 0 Å². The molecule has 0 aromatic heterocycles. The molecule has 3 nitrogen and oxygen atoms in total. The molecule has 0 fully saturated rings. The second-order valence-corrected chi connectivity index (χ2v) is 18.3. The van der Waals surface area contributed by atoms with Crippen molar-refractivity contribution >= 4 is 12.6 Å². The van der Waals surface area contributed by atoms with Crippen molar-refractivity contribution in [2.75, 3.05) is 0 Å². The molecule has 0 aliphatic rings. The normalized spacial score (nSPS) is 14.2. The first-order valence-electron chi connectivity index (χ1n) is 15.9. The molecule has 0 aliphatic carbocycles. The van der Waals surface area contributed by atoms with Crippen LogP contribution >= 0.6 is 7.28 Å². The van der Waals surface area contributed by atoms with Crippen LogP contribution in [-0.4, -0.2) is 10.8 Å². The summed E-state index contributed by atoms with van der Waals surface area (Å²) in [5.41, 5.74) is 2.22. The Labute approximate surface area is 257 Å². The van der Waals surface area contributed by atoms with Crippen LogP contribution in [0.1, 0.15) is 120 Å². The maximum atomic E-state index is 7.54. The molecule has 0 radical (unpaired) electrons. The summed E-state index contributed by atoms with van der Waals surface area (Å²) in [7, 11) is -4.26. The van der Waals surface area contributed by atoms with Gasteiger partial charge in [0.1, 0.15) is 0 Å². The summed E-state index contributed by atoms with van der Waals surface area (Å²) in [6.07, 6.45) is 3.71. The fraction of sp³-hybridized carbons (Fsp3) is 0.526. The van der Waals surface area contributed by atoms with Crippen molar-refractivity contribution in [1.29, 1.82) is 0 Å². The molecule has 0 saturated heterocycles. The van der Waals surface area contributed by atoms with E-state index < -0.39 is 18.0 Å². The van der Waals surface area contributed by atoms with E-state index in [-0.39, 0.29) is 10.8 Å². The van der Waals surface area contributed by atoms with Crippen LogP contribution in [0.5, 0.6) is 11.5 Å². The predicted molar refractivity (Wildman–Crippen MR) is 184 cm³/mol. The SMILES string of the molecule is CCC(C)(C)OP(Oc1ccc(C(C)(C)CC)cc1)(Oc1ccc(C(C)(C)CC)cc1)(c1ccccc1)C(C)(C)CC. The molecular formula is C38H57O3P. The molecule has 42 heavy (non-hydrogen) atoms. The van der Waals surface area contributed by atoms with Crippen LogP contribution in [0.3, 0.4) is 0 Å². The summed E-state index contributed by atoms with van der Waals surface area (Å²) in [5, 5.41) is 0.440. The van der Waals surface area contributed by atoms with Crippen LogP contribution < -0.4 is 14.4 Å². The Bertz CT molecular complexity index is 1230. The quantitative estimate of drug-likeness (QED) is 0.174. The number of hydrogen-bond acceptors (Lipinski definition) is 3. The summed E-state index contributed by atoms with van der Waals surface area (Å²) in [6.45, 7) is 26.8. The Kier molecular flexibility index (Phi) is 10.0. The molecule has 0 bridgehead atoms. The molecular weight excluding hydrogens is 535 g/mol. The van der Waals surface area contributed by atoms with Gasteiger partial charge in [-0.25, -0.2) is 0 Å². The molecule has 0 heterocycles. The zero-order valence-corrected chi connectivity index (χ0v) is 29.4. The van der Waals surface area contributed by atoms with Gasteiger partial charge in [0.15, 0.2) is 0 Å². The Hall–Kier alpha value is -2.35. The van der Waals surface area contributed by atoms with Crippen LogP contribution in [0.25, 0.3) is 0 Å². The van der Waals surface area contributed by atoms with Crippen LogP contribution in [0.2, 0.25) is 0 Å². The second-order valence-electron chi connectivity index (χ2n) is 14.3. The minimum atomic E-state index is -4.26. The molecule has 3 rings (SSSR count). The maximum absolute atomic E-state index is 7.54. The standard InChI is InChI=1S/C38H57O3P/c1-13-35(5,6)30-22-26-32(27-23-30)39-42(38(11,12)16-4,41-37(9,10)15-3,34-20-18-17-19-21-34)40-33-28-24-31(25-29-33)36(7,8)14-2/h17-29H,13-16H2,1-12H3. The van der Waals surface area contributed by atoms with E-state index in [1.165, 1.54) is 11.1 Å². The van der Waals surface area contributed by atoms with Gasteiger partial charge in [0.2, 0.25) is 0 Å². The molecule has 0 aliphatic heterocycles. The molecule has 0 atom stereocenters. The molecule has 0 unspecified atom stereocenters. The Morgan fingerprint density at radius 1 is 0.500 bits per heavy atom. The van der Waals surface area contributed by atoms with Crippen molar-refractivity contribution in [2.24, 2.45) is 0 Å². The van der Waals surface area contributed by atoms with Gasteiger partial charge in [-0.05, 0) is 0 Å². The van der Waals surface area contributed by atoms with Crippen molar-refractivity contribution in [1.82, 2.24) is 0 Å². The van der Waals surface area contributed by atoms with E-state index in [2.05, 4.69) is 156 Å². The second kappa shape index (κ2) is 12.3. The van der Waals surface area contributed by atoms with E-state index in [4.69, 9.17) is 13.6 Å². The summed E-state index contributed by atoms with van der Waals surface area (Å²) < 4.78 is 22.5. The van der Waals surface area contributed by atoms with E-state index in [0.717, 1.165) is 42.5 Å². The third-order valence-electron chi connectivity index (χ3n) is 9.96. The molecule has 0 saturated carbocycles. The van der Waals surface area contributed by atoms with Crippen molar-refractivity contribution in [3.8, 4) is 11.5 Å².